The highest BCUT2D eigenvalue weighted by atomic mass is 19.4. The van der Waals surface area contributed by atoms with Crippen LogP contribution in [0.4, 0.5) is 27.6 Å². The zero-order chi connectivity index (χ0) is 17.1. The van der Waals surface area contributed by atoms with Gasteiger partial charge < -0.3 is 9.47 Å². The van der Waals surface area contributed by atoms with Crippen LogP contribution in [-0.4, -0.2) is 28.8 Å². The van der Waals surface area contributed by atoms with Gasteiger partial charge in [0.1, 0.15) is 5.69 Å². The molecule has 122 valence electrons. The number of esters is 1. The Balaban J connectivity index is 3.50. The number of ether oxygens (including phenoxy) is 2. The summed E-state index contributed by atoms with van der Waals surface area (Å²) in [4.78, 5) is 23.8. The lowest BCUT2D eigenvalue weighted by molar-refractivity contribution is -0.385. The number of rotatable bonds is 5. The molecule has 0 aromatic carbocycles. The maximum Gasteiger partial charge on any atom is 0.573 e. The number of nitrogens with zero attached hydrogens (tertiary/aromatic N) is 2. The summed E-state index contributed by atoms with van der Waals surface area (Å²) in [7, 11) is 0. The van der Waals surface area contributed by atoms with Gasteiger partial charge in [-0.05, 0) is 6.92 Å². The fourth-order valence-electron chi connectivity index (χ4n) is 1.35. The number of carbonyl (C=O) groups excluding carboxylic acids is 1. The van der Waals surface area contributed by atoms with Gasteiger partial charge in [0.2, 0.25) is 5.69 Å². The lowest BCUT2D eigenvalue weighted by Crippen LogP contribution is -2.20. The summed E-state index contributed by atoms with van der Waals surface area (Å²) in [5, 5.41) is 10.8. The quantitative estimate of drug-likeness (QED) is 0.357. The number of alkyl halides is 5. The summed E-state index contributed by atoms with van der Waals surface area (Å²) in [6.45, 7) is 1.08. The summed E-state index contributed by atoms with van der Waals surface area (Å²) in [5.41, 5.74) is -3.95. The van der Waals surface area contributed by atoms with Crippen LogP contribution in [0.2, 0.25) is 0 Å². The molecule has 0 aliphatic carbocycles. The SMILES string of the molecule is CCOC(=O)c1nc(C(F)F)c(OC(F)(F)F)cc1[N+](=O)[O-]. The molecule has 1 rings (SSSR count). The largest absolute Gasteiger partial charge is 0.573 e. The minimum Gasteiger partial charge on any atom is -0.461 e. The van der Waals surface area contributed by atoms with E-state index in [1.165, 1.54) is 6.92 Å². The van der Waals surface area contributed by atoms with Gasteiger partial charge in [-0.2, -0.15) is 0 Å². The first kappa shape index (κ1) is 17.5. The second-order valence-corrected chi connectivity index (χ2v) is 3.57. The van der Waals surface area contributed by atoms with E-state index in [0.717, 1.165) is 0 Å². The van der Waals surface area contributed by atoms with E-state index in [-0.39, 0.29) is 12.7 Å². The summed E-state index contributed by atoms with van der Waals surface area (Å²) in [6.07, 6.45) is -8.93. The van der Waals surface area contributed by atoms with E-state index in [9.17, 15) is 36.9 Å². The number of hydrogen-bond acceptors (Lipinski definition) is 6. The van der Waals surface area contributed by atoms with Crippen LogP contribution in [0.1, 0.15) is 29.5 Å². The first-order valence-corrected chi connectivity index (χ1v) is 5.47. The number of nitro groups is 1. The van der Waals surface area contributed by atoms with E-state index >= 15 is 0 Å². The topological polar surface area (TPSA) is 91.6 Å². The Morgan fingerprint density at radius 1 is 1.45 bits per heavy atom. The van der Waals surface area contributed by atoms with Crippen molar-refractivity contribution in [2.75, 3.05) is 6.61 Å². The van der Waals surface area contributed by atoms with Crippen LogP contribution < -0.4 is 4.74 Å². The van der Waals surface area contributed by atoms with Crippen molar-refractivity contribution in [2.45, 2.75) is 19.7 Å². The second kappa shape index (κ2) is 6.49. The minimum absolute atomic E-state index is 0.0498. The van der Waals surface area contributed by atoms with Crippen molar-refractivity contribution < 1.29 is 41.1 Å². The predicted octanol–water partition coefficient (Wildman–Crippen LogP) is 3.00. The van der Waals surface area contributed by atoms with Crippen molar-refractivity contribution in [1.82, 2.24) is 4.98 Å². The van der Waals surface area contributed by atoms with Crippen LogP contribution in [0, 0.1) is 10.1 Å². The molecule has 22 heavy (non-hydrogen) atoms. The monoisotopic (exact) mass is 330 g/mol. The Kier molecular flexibility index (Phi) is 5.17. The predicted molar refractivity (Wildman–Crippen MR) is 58.5 cm³/mol. The highest BCUT2D eigenvalue weighted by molar-refractivity contribution is 5.92. The molecule has 0 N–H and O–H groups in total. The zero-order valence-corrected chi connectivity index (χ0v) is 10.7. The van der Waals surface area contributed by atoms with Gasteiger partial charge in [0, 0.05) is 0 Å². The molecule has 1 heterocycles. The van der Waals surface area contributed by atoms with Crippen molar-refractivity contribution >= 4 is 11.7 Å². The van der Waals surface area contributed by atoms with Crippen LogP contribution in [-0.2, 0) is 4.74 Å². The number of carbonyl (C=O) groups is 1. The normalized spacial score (nSPS) is 11.4. The average Bonchev–Trinajstić information content (AvgIpc) is 2.36. The molecule has 1 aromatic heterocycles. The summed E-state index contributed by atoms with van der Waals surface area (Å²) in [5.74, 6) is -2.99. The molecular weight excluding hydrogens is 323 g/mol. The number of aromatic nitrogens is 1. The highest BCUT2D eigenvalue weighted by Crippen LogP contribution is 2.35. The van der Waals surface area contributed by atoms with Gasteiger partial charge in [-0.25, -0.2) is 18.6 Å². The number of halogens is 5. The lowest BCUT2D eigenvalue weighted by Gasteiger charge is -2.13. The first-order chi connectivity index (χ1) is 10.1. The third kappa shape index (κ3) is 4.23. The number of pyridine rings is 1. The van der Waals surface area contributed by atoms with Crippen molar-refractivity contribution in [3.05, 3.63) is 27.6 Å². The van der Waals surface area contributed by atoms with Gasteiger partial charge >= 0.3 is 18.0 Å². The van der Waals surface area contributed by atoms with Gasteiger partial charge in [-0.3, -0.25) is 10.1 Å². The third-order valence-electron chi connectivity index (χ3n) is 2.09. The average molecular weight is 330 g/mol. The lowest BCUT2D eigenvalue weighted by atomic mass is 10.2. The van der Waals surface area contributed by atoms with Gasteiger partial charge in [0.25, 0.3) is 6.43 Å². The molecule has 7 nitrogen and oxygen atoms in total. The Labute approximate surface area is 118 Å². The van der Waals surface area contributed by atoms with E-state index in [2.05, 4.69) is 14.5 Å². The second-order valence-electron chi connectivity index (χ2n) is 3.57. The van der Waals surface area contributed by atoms with Gasteiger partial charge in [-0.1, -0.05) is 0 Å². The first-order valence-electron chi connectivity index (χ1n) is 5.47. The number of hydrogen-bond donors (Lipinski definition) is 0. The summed E-state index contributed by atoms with van der Waals surface area (Å²) in [6, 6.07) is 0.0498. The summed E-state index contributed by atoms with van der Waals surface area (Å²) < 4.78 is 69.6. The summed E-state index contributed by atoms with van der Waals surface area (Å²) >= 11 is 0. The maximum absolute atomic E-state index is 12.7. The highest BCUT2D eigenvalue weighted by Gasteiger charge is 2.37. The van der Waals surface area contributed by atoms with Crippen molar-refractivity contribution in [3.8, 4) is 5.75 Å². The molecule has 0 spiro atoms. The van der Waals surface area contributed by atoms with Crippen LogP contribution in [0.25, 0.3) is 0 Å². The molecule has 0 unspecified atom stereocenters. The fraction of sp³-hybridized carbons (Fsp3) is 0.400. The molecule has 0 amide bonds. The molecular formula is C10H7F5N2O5. The van der Waals surface area contributed by atoms with Crippen molar-refractivity contribution in [2.24, 2.45) is 0 Å². The van der Waals surface area contributed by atoms with Crippen molar-refractivity contribution in [1.29, 1.82) is 0 Å². The fourth-order valence-corrected chi connectivity index (χ4v) is 1.35. The minimum atomic E-state index is -5.37. The van der Waals surface area contributed by atoms with Crippen LogP contribution >= 0.6 is 0 Å². The molecule has 0 atom stereocenters. The Bertz CT molecular complexity index is 590. The smallest absolute Gasteiger partial charge is 0.461 e. The van der Waals surface area contributed by atoms with Crippen LogP contribution in [0.15, 0.2) is 6.07 Å². The van der Waals surface area contributed by atoms with Gasteiger partial charge in [0.15, 0.2) is 5.75 Å². The molecule has 12 heteroatoms. The van der Waals surface area contributed by atoms with Crippen LogP contribution in [0.3, 0.4) is 0 Å². The van der Waals surface area contributed by atoms with E-state index in [1.54, 1.807) is 0 Å². The molecule has 0 fully saturated rings. The van der Waals surface area contributed by atoms with Crippen LogP contribution in [0.5, 0.6) is 5.75 Å². The van der Waals surface area contributed by atoms with E-state index in [4.69, 9.17) is 0 Å². The van der Waals surface area contributed by atoms with Crippen molar-refractivity contribution in [3.63, 3.8) is 0 Å². The molecule has 0 bridgehead atoms. The maximum atomic E-state index is 12.7. The third-order valence-corrected chi connectivity index (χ3v) is 2.09. The zero-order valence-electron chi connectivity index (χ0n) is 10.7. The Hall–Kier alpha value is -2.53. The van der Waals surface area contributed by atoms with Gasteiger partial charge in [-0.15, -0.1) is 13.2 Å². The van der Waals surface area contributed by atoms with E-state index in [1.807, 2.05) is 0 Å². The van der Waals surface area contributed by atoms with Gasteiger partial charge in [0.05, 0.1) is 17.6 Å². The van der Waals surface area contributed by atoms with E-state index in [0.29, 0.717) is 0 Å². The standard InChI is InChI=1S/C10H7F5N2O5/c1-2-21-9(18)6-4(17(19)20)3-5(22-10(13,14)15)7(16-6)8(11)12/h3,8H,2H2,1H3. The molecule has 0 aliphatic rings. The van der Waals surface area contributed by atoms with E-state index < -0.39 is 46.5 Å². The molecule has 0 radical (unpaired) electrons. The molecule has 0 aliphatic heterocycles. The molecule has 1 aromatic rings. The Morgan fingerprint density at radius 3 is 2.45 bits per heavy atom. The molecule has 0 saturated carbocycles. The Morgan fingerprint density at radius 2 is 2.05 bits per heavy atom. The molecule has 0 saturated heterocycles.